The van der Waals surface area contributed by atoms with Gasteiger partial charge in [-0.25, -0.2) is 9.50 Å². The molecule has 2 aromatic carbocycles. The standard InChI is InChI=1S/C30H27N5O4/c1-20-12-21(2)35-29(32-20)15-26(33-35)30(36)34(17-24-7-3-4-11-31-24)16-22-6-5-8-25(13-22)37-18-23-9-10-27-28(14-23)39-19-38-27/h3-15H,16-19H2,1-2H3. The van der Waals surface area contributed by atoms with Crippen LogP contribution in [0.2, 0.25) is 0 Å². The Hall–Kier alpha value is -4.92. The van der Waals surface area contributed by atoms with E-state index in [1.54, 1.807) is 21.7 Å². The SMILES string of the molecule is Cc1cc(C)n2nc(C(=O)N(Cc3cccc(OCc4ccc5c(c4)OCO5)c3)Cc3ccccn3)cc2n1. The molecule has 5 aromatic rings. The monoisotopic (exact) mass is 521 g/mol. The molecule has 3 aromatic heterocycles. The highest BCUT2D eigenvalue weighted by Crippen LogP contribution is 2.32. The van der Waals surface area contributed by atoms with Gasteiger partial charge in [0.15, 0.2) is 22.8 Å². The van der Waals surface area contributed by atoms with Gasteiger partial charge in [0.2, 0.25) is 6.79 Å². The minimum Gasteiger partial charge on any atom is -0.489 e. The van der Waals surface area contributed by atoms with Gasteiger partial charge in [-0.05, 0) is 67.4 Å². The molecule has 0 aliphatic carbocycles. The summed E-state index contributed by atoms with van der Waals surface area (Å²) in [7, 11) is 0. The fraction of sp³-hybridized carbons (Fsp3) is 0.200. The minimum absolute atomic E-state index is 0.199. The Balaban J connectivity index is 1.23. The number of aryl methyl sites for hydroxylation is 2. The van der Waals surface area contributed by atoms with E-state index in [0.29, 0.717) is 36.8 Å². The smallest absolute Gasteiger partial charge is 0.275 e. The van der Waals surface area contributed by atoms with E-state index in [1.807, 2.05) is 80.6 Å². The second-order valence-corrected chi connectivity index (χ2v) is 9.44. The molecule has 39 heavy (non-hydrogen) atoms. The van der Waals surface area contributed by atoms with Crippen LogP contribution in [0.25, 0.3) is 5.65 Å². The first-order valence-electron chi connectivity index (χ1n) is 12.7. The quantitative estimate of drug-likeness (QED) is 0.287. The molecule has 1 amide bonds. The summed E-state index contributed by atoms with van der Waals surface area (Å²) in [5.41, 5.74) is 5.46. The van der Waals surface area contributed by atoms with E-state index in [4.69, 9.17) is 14.2 Å². The molecule has 0 atom stereocenters. The first-order valence-corrected chi connectivity index (χ1v) is 12.7. The Morgan fingerprint density at radius 3 is 2.72 bits per heavy atom. The highest BCUT2D eigenvalue weighted by atomic mass is 16.7. The van der Waals surface area contributed by atoms with Crippen LogP contribution < -0.4 is 14.2 Å². The summed E-state index contributed by atoms with van der Waals surface area (Å²) in [6.45, 7) is 5.18. The van der Waals surface area contributed by atoms with Crippen LogP contribution in [0.1, 0.15) is 38.7 Å². The Kier molecular flexibility index (Phi) is 6.54. The largest absolute Gasteiger partial charge is 0.489 e. The number of nitrogens with zero attached hydrogens (tertiary/aromatic N) is 5. The van der Waals surface area contributed by atoms with Gasteiger partial charge in [-0.15, -0.1) is 0 Å². The van der Waals surface area contributed by atoms with E-state index in [-0.39, 0.29) is 12.7 Å². The minimum atomic E-state index is -0.199. The number of carbonyl (C=O) groups excluding carboxylic acids is 1. The normalized spacial score (nSPS) is 12.1. The van der Waals surface area contributed by atoms with Crippen LogP contribution in [0.4, 0.5) is 0 Å². The lowest BCUT2D eigenvalue weighted by Crippen LogP contribution is -2.30. The van der Waals surface area contributed by atoms with Crippen molar-refractivity contribution in [2.45, 2.75) is 33.5 Å². The number of carbonyl (C=O) groups is 1. The van der Waals surface area contributed by atoms with E-state index in [1.165, 1.54) is 0 Å². The molecule has 0 saturated heterocycles. The van der Waals surface area contributed by atoms with Crippen molar-refractivity contribution in [3.8, 4) is 17.2 Å². The lowest BCUT2D eigenvalue weighted by Gasteiger charge is -2.22. The van der Waals surface area contributed by atoms with Gasteiger partial charge in [-0.2, -0.15) is 5.10 Å². The second kappa shape index (κ2) is 10.4. The molecule has 0 N–H and O–H groups in total. The van der Waals surface area contributed by atoms with Gasteiger partial charge in [0.05, 0.1) is 12.2 Å². The molecule has 0 radical (unpaired) electrons. The number of ether oxygens (including phenoxy) is 3. The van der Waals surface area contributed by atoms with Crippen LogP contribution in [0.5, 0.6) is 17.2 Å². The highest BCUT2D eigenvalue weighted by molar-refractivity contribution is 5.93. The fourth-order valence-electron chi connectivity index (χ4n) is 4.59. The number of pyridine rings is 1. The summed E-state index contributed by atoms with van der Waals surface area (Å²) >= 11 is 0. The molecule has 1 aliphatic rings. The van der Waals surface area contributed by atoms with Crippen LogP contribution in [0.3, 0.4) is 0 Å². The van der Waals surface area contributed by atoms with Crippen molar-refractivity contribution in [2.75, 3.05) is 6.79 Å². The highest BCUT2D eigenvalue weighted by Gasteiger charge is 2.22. The number of benzene rings is 2. The van der Waals surface area contributed by atoms with Crippen LogP contribution in [0.15, 0.2) is 79.0 Å². The molecular formula is C30H27N5O4. The Morgan fingerprint density at radius 1 is 0.949 bits per heavy atom. The molecule has 1 aliphatic heterocycles. The number of fused-ring (bicyclic) bond motifs is 2. The van der Waals surface area contributed by atoms with Crippen molar-refractivity contribution < 1.29 is 19.0 Å². The Labute approximate surface area is 225 Å². The van der Waals surface area contributed by atoms with Crippen molar-refractivity contribution in [3.05, 3.63) is 113 Å². The topological polar surface area (TPSA) is 91.1 Å². The average Bonchev–Trinajstić information content (AvgIpc) is 3.59. The van der Waals surface area contributed by atoms with Crippen LogP contribution in [0, 0.1) is 13.8 Å². The number of amides is 1. The summed E-state index contributed by atoms with van der Waals surface area (Å²) in [6.07, 6.45) is 1.73. The summed E-state index contributed by atoms with van der Waals surface area (Å²) in [4.78, 5) is 24.5. The number of aromatic nitrogens is 4. The van der Waals surface area contributed by atoms with Gasteiger partial charge in [-0.3, -0.25) is 9.78 Å². The summed E-state index contributed by atoms with van der Waals surface area (Å²) in [5, 5.41) is 4.56. The van der Waals surface area contributed by atoms with Gasteiger partial charge >= 0.3 is 0 Å². The van der Waals surface area contributed by atoms with E-state index >= 15 is 0 Å². The second-order valence-electron chi connectivity index (χ2n) is 9.44. The molecule has 0 bridgehead atoms. The molecule has 0 fully saturated rings. The van der Waals surface area contributed by atoms with Gasteiger partial charge in [0.25, 0.3) is 5.91 Å². The first-order chi connectivity index (χ1) is 19.0. The van der Waals surface area contributed by atoms with E-state index in [9.17, 15) is 4.79 Å². The molecule has 0 saturated carbocycles. The van der Waals surface area contributed by atoms with Crippen molar-refractivity contribution >= 4 is 11.6 Å². The van der Waals surface area contributed by atoms with Crippen molar-refractivity contribution in [3.63, 3.8) is 0 Å². The summed E-state index contributed by atoms with van der Waals surface area (Å²) < 4.78 is 18.6. The zero-order valence-corrected chi connectivity index (χ0v) is 21.7. The predicted molar refractivity (Wildman–Crippen MR) is 144 cm³/mol. The first kappa shape index (κ1) is 24.4. The van der Waals surface area contributed by atoms with Crippen molar-refractivity contribution in [2.24, 2.45) is 0 Å². The van der Waals surface area contributed by atoms with Crippen LogP contribution in [-0.4, -0.2) is 37.2 Å². The van der Waals surface area contributed by atoms with Gasteiger partial charge in [0.1, 0.15) is 12.4 Å². The molecule has 6 rings (SSSR count). The molecule has 0 unspecified atom stereocenters. The van der Waals surface area contributed by atoms with Crippen LogP contribution >= 0.6 is 0 Å². The molecule has 196 valence electrons. The maximum Gasteiger partial charge on any atom is 0.275 e. The lowest BCUT2D eigenvalue weighted by atomic mass is 10.1. The molecule has 9 nitrogen and oxygen atoms in total. The van der Waals surface area contributed by atoms with Gasteiger partial charge < -0.3 is 19.1 Å². The number of hydrogen-bond acceptors (Lipinski definition) is 7. The van der Waals surface area contributed by atoms with Crippen molar-refractivity contribution in [1.29, 1.82) is 0 Å². The fourth-order valence-corrected chi connectivity index (χ4v) is 4.59. The van der Waals surface area contributed by atoms with E-state index in [0.717, 1.165) is 39.7 Å². The molecule has 9 heteroatoms. The predicted octanol–water partition coefficient (Wildman–Crippen LogP) is 4.89. The van der Waals surface area contributed by atoms with E-state index < -0.39 is 0 Å². The zero-order valence-electron chi connectivity index (χ0n) is 21.7. The lowest BCUT2D eigenvalue weighted by molar-refractivity contribution is 0.0721. The van der Waals surface area contributed by atoms with E-state index in [2.05, 4.69) is 15.1 Å². The molecule has 4 heterocycles. The van der Waals surface area contributed by atoms with Gasteiger partial charge in [0, 0.05) is 30.2 Å². The molecule has 0 spiro atoms. The maximum absolute atomic E-state index is 13.7. The maximum atomic E-state index is 13.7. The number of hydrogen-bond donors (Lipinski definition) is 0. The molecular weight excluding hydrogens is 494 g/mol. The van der Waals surface area contributed by atoms with Crippen LogP contribution in [-0.2, 0) is 19.7 Å². The zero-order chi connectivity index (χ0) is 26.8. The third-order valence-corrected chi connectivity index (χ3v) is 6.43. The van der Waals surface area contributed by atoms with Crippen molar-refractivity contribution in [1.82, 2.24) is 24.5 Å². The summed E-state index contributed by atoms with van der Waals surface area (Å²) in [6, 6.07) is 22.9. The summed E-state index contributed by atoms with van der Waals surface area (Å²) in [5.74, 6) is 1.97. The Morgan fingerprint density at radius 2 is 1.85 bits per heavy atom. The van der Waals surface area contributed by atoms with Gasteiger partial charge in [-0.1, -0.05) is 24.3 Å². The third kappa shape index (κ3) is 5.38. The number of rotatable bonds is 8. The Bertz CT molecular complexity index is 1650. The average molecular weight is 522 g/mol. The third-order valence-electron chi connectivity index (χ3n) is 6.43.